The highest BCUT2D eigenvalue weighted by atomic mass is 19.1. The zero-order valence-corrected chi connectivity index (χ0v) is 20.1. The molecule has 0 aliphatic carbocycles. The number of anilines is 1. The first-order valence-electron chi connectivity index (χ1n) is 11.7. The number of imidazole rings is 1. The number of H-pyrrole nitrogens is 3. The summed E-state index contributed by atoms with van der Waals surface area (Å²) in [6.07, 6.45) is 0.289. The largest absolute Gasteiger partial charge is 0.434 e. The molecule has 0 radical (unpaired) electrons. The summed E-state index contributed by atoms with van der Waals surface area (Å²) < 4.78 is 20.8. The van der Waals surface area contributed by atoms with Crippen molar-refractivity contribution >= 4 is 22.8 Å². The number of nitrogens with one attached hydrogen (secondary N) is 4. The third kappa shape index (κ3) is 5.07. The molecule has 1 atom stereocenters. The SMILES string of the molecule is CC(=O)Nc1ccc(C(Cc2ccccc2F)c2nc3c([nH]2)c(=O)[nH]c(=O)n3CCc2n[nH]c(=O)o2)cc1. The Morgan fingerprint density at radius 3 is 2.55 bits per heavy atom. The van der Waals surface area contributed by atoms with Crippen molar-refractivity contribution in [3.8, 4) is 0 Å². The molecule has 0 fully saturated rings. The van der Waals surface area contributed by atoms with Crippen molar-refractivity contribution in [1.82, 2.24) is 29.7 Å². The Labute approximate surface area is 212 Å². The number of halogens is 1. The van der Waals surface area contributed by atoms with Crippen molar-refractivity contribution in [2.24, 2.45) is 0 Å². The van der Waals surface area contributed by atoms with Crippen LogP contribution in [0.25, 0.3) is 11.2 Å². The molecule has 5 aromatic rings. The van der Waals surface area contributed by atoms with Gasteiger partial charge in [-0.25, -0.2) is 24.1 Å². The number of hydrogen-bond acceptors (Lipinski definition) is 7. The van der Waals surface area contributed by atoms with E-state index in [4.69, 9.17) is 4.42 Å². The molecule has 2 aromatic carbocycles. The lowest BCUT2D eigenvalue weighted by Gasteiger charge is -2.16. The van der Waals surface area contributed by atoms with Crippen LogP contribution in [-0.4, -0.2) is 35.6 Å². The Bertz CT molecular complexity index is 1800. The van der Waals surface area contributed by atoms with Gasteiger partial charge in [-0.2, -0.15) is 0 Å². The van der Waals surface area contributed by atoms with Gasteiger partial charge in [0.15, 0.2) is 5.65 Å². The third-order valence-electron chi connectivity index (χ3n) is 6.03. The van der Waals surface area contributed by atoms with E-state index < -0.39 is 28.7 Å². The third-order valence-corrected chi connectivity index (χ3v) is 6.03. The molecule has 0 saturated carbocycles. The van der Waals surface area contributed by atoms with Crippen LogP contribution in [0.3, 0.4) is 0 Å². The summed E-state index contributed by atoms with van der Waals surface area (Å²) in [4.78, 5) is 57.8. The summed E-state index contributed by atoms with van der Waals surface area (Å²) in [5.41, 5.74) is 0.580. The summed E-state index contributed by atoms with van der Waals surface area (Å²) >= 11 is 0. The van der Waals surface area contributed by atoms with Gasteiger partial charge in [-0.05, 0) is 35.7 Å². The lowest BCUT2D eigenvalue weighted by molar-refractivity contribution is -0.114. The van der Waals surface area contributed by atoms with Crippen molar-refractivity contribution in [3.63, 3.8) is 0 Å². The predicted octanol–water partition coefficient (Wildman–Crippen LogP) is 1.80. The lowest BCUT2D eigenvalue weighted by Crippen LogP contribution is -2.31. The standard InChI is InChI=1S/C25H22FN7O5/c1-13(34)27-16-8-6-14(7-9-16)17(12-15-4-2-3-5-18(15)26)21-28-20-22(29-21)33(24(36)30-23(20)35)11-10-19-31-32-25(37)38-19/h2-9,17H,10-12H2,1H3,(H,27,34)(H,28,29)(H,32,37)(H,30,35,36). The Morgan fingerprint density at radius 2 is 1.87 bits per heavy atom. The average molecular weight is 519 g/mol. The van der Waals surface area contributed by atoms with Gasteiger partial charge in [-0.3, -0.25) is 19.1 Å². The van der Waals surface area contributed by atoms with Gasteiger partial charge in [0.2, 0.25) is 11.8 Å². The maximum absolute atomic E-state index is 14.6. The minimum atomic E-state index is -0.721. The quantitative estimate of drug-likeness (QED) is 0.242. The van der Waals surface area contributed by atoms with E-state index in [1.807, 2.05) is 0 Å². The number of aryl methyl sites for hydroxylation is 2. The second kappa shape index (κ2) is 10.1. The highest BCUT2D eigenvalue weighted by Crippen LogP contribution is 2.29. The van der Waals surface area contributed by atoms with Gasteiger partial charge in [0.1, 0.15) is 17.2 Å². The number of carbonyl (C=O) groups is 1. The average Bonchev–Trinajstić information content (AvgIpc) is 3.50. The van der Waals surface area contributed by atoms with Crippen molar-refractivity contribution < 1.29 is 13.6 Å². The zero-order valence-electron chi connectivity index (χ0n) is 20.1. The number of aromatic nitrogens is 6. The van der Waals surface area contributed by atoms with Gasteiger partial charge in [0.25, 0.3) is 5.56 Å². The zero-order chi connectivity index (χ0) is 26.8. The molecule has 3 heterocycles. The van der Waals surface area contributed by atoms with Gasteiger partial charge >= 0.3 is 11.4 Å². The van der Waals surface area contributed by atoms with E-state index in [1.54, 1.807) is 42.5 Å². The van der Waals surface area contributed by atoms with E-state index >= 15 is 0 Å². The number of aromatic amines is 3. The van der Waals surface area contributed by atoms with Crippen LogP contribution in [0.5, 0.6) is 0 Å². The number of nitrogens with zero attached hydrogens (tertiary/aromatic N) is 3. The smallest absolute Gasteiger partial charge is 0.392 e. The minimum absolute atomic E-state index is 0.0214. The monoisotopic (exact) mass is 519 g/mol. The van der Waals surface area contributed by atoms with Crippen LogP contribution in [0.2, 0.25) is 0 Å². The summed E-state index contributed by atoms with van der Waals surface area (Å²) in [6.45, 7) is 1.42. The predicted molar refractivity (Wildman–Crippen MR) is 134 cm³/mol. The second-order valence-corrected chi connectivity index (χ2v) is 8.64. The molecule has 1 unspecified atom stereocenters. The number of rotatable bonds is 8. The summed E-state index contributed by atoms with van der Waals surface area (Å²) in [5, 5.41) is 8.58. The van der Waals surface area contributed by atoms with Gasteiger partial charge in [-0.15, -0.1) is 5.10 Å². The maximum atomic E-state index is 14.6. The highest BCUT2D eigenvalue weighted by molar-refractivity contribution is 5.88. The summed E-state index contributed by atoms with van der Waals surface area (Å²) in [5.74, 6) is -1.43. The molecule has 12 nitrogen and oxygen atoms in total. The van der Waals surface area contributed by atoms with Gasteiger partial charge in [-0.1, -0.05) is 30.3 Å². The number of amides is 1. The van der Waals surface area contributed by atoms with Crippen LogP contribution in [0, 0.1) is 5.82 Å². The molecule has 4 N–H and O–H groups in total. The van der Waals surface area contributed by atoms with E-state index in [0.29, 0.717) is 17.1 Å². The van der Waals surface area contributed by atoms with E-state index in [1.165, 1.54) is 17.6 Å². The lowest BCUT2D eigenvalue weighted by atomic mass is 9.91. The molecule has 194 valence electrons. The van der Waals surface area contributed by atoms with Crippen molar-refractivity contribution in [2.75, 3.05) is 5.32 Å². The van der Waals surface area contributed by atoms with Gasteiger partial charge in [0, 0.05) is 31.5 Å². The molecule has 3 aromatic heterocycles. The van der Waals surface area contributed by atoms with Crippen LogP contribution in [0.1, 0.15) is 35.7 Å². The van der Waals surface area contributed by atoms with Crippen molar-refractivity contribution in [1.29, 1.82) is 0 Å². The Kier molecular flexibility index (Phi) is 6.56. The molecule has 38 heavy (non-hydrogen) atoms. The molecular weight excluding hydrogens is 497 g/mol. The maximum Gasteiger partial charge on any atom is 0.434 e. The number of hydrogen-bond donors (Lipinski definition) is 4. The summed E-state index contributed by atoms with van der Waals surface area (Å²) in [6, 6.07) is 13.3. The fourth-order valence-corrected chi connectivity index (χ4v) is 4.26. The first-order valence-corrected chi connectivity index (χ1v) is 11.7. The van der Waals surface area contributed by atoms with Crippen LogP contribution >= 0.6 is 0 Å². The molecule has 0 aliphatic heterocycles. The van der Waals surface area contributed by atoms with Crippen LogP contribution in [0.4, 0.5) is 10.1 Å². The Morgan fingerprint density at radius 1 is 1.11 bits per heavy atom. The number of benzene rings is 2. The minimum Gasteiger partial charge on any atom is -0.392 e. The van der Waals surface area contributed by atoms with Crippen LogP contribution in [0.15, 0.2) is 67.3 Å². The second-order valence-electron chi connectivity index (χ2n) is 8.64. The Balaban J connectivity index is 1.58. The van der Waals surface area contributed by atoms with Gasteiger partial charge < -0.3 is 14.7 Å². The first-order chi connectivity index (χ1) is 18.3. The van der Waals surface area contributed by atoms with E-state index in [2.05, 4.69) is 30.5 Å². The van der Waals surface area contributed by atoms with Crippen molar-refractivity contribution in [2.45, 2.75) is 32.2 Å². The van der Waals surface area contributed by atoms with E-state index in [9.17, 15) is 23.6 Å². The molecule has 0 aliphatic rings. The highest BCUT2D eigenvalue weighted by Gasteiger charge is 2.23. The molecule has 0 saturated heterocycles. The first kappa shape index (κ1) is 24.6. The molecule has 0 spiro atoms. The molecule has 5 rings (SSSR count). The van der Waals surface area contributed by atoms with E-state index in [-0.39, 0.29) is 42.3 Å². The topological polar surface area (TPSA) is 172 Å². The van der Waals surface area contributed by atoms with Crippen LogP contribution < -0.4 is 22.3 Å². The molecule has 1 amide bonds. The number of carbonyl (C=O) groups excluding carboxylic acids is 1. The van der Waals surface area contributed by atoms with E-state index in [0.717, 1.165) is 5.56 Å². The fraction of sp³-hybridized carbons (Fsp3) is 0.200. The van der Waals surface area contributed by atoms with Crippen molar-refractivity contribution in [3.05, 3.63) is 109 Å². The molecular formula is C25H22FN7O5. The summed E-state index contributed by atoms with van der Waals surface area (Å²) in [7, 11) is 0. The van der Waals surface area contributed by atoms with Gasteiger partial charge in [0.05, 0.1) is 0 Å². The number of fused-ring (bicyclic) bond motifs is 1. The molecule has 13 heteroatoms. The Hall–Kier alpha value is -5.07. The molecule has 0 bridgehead atoms. The van der Waals surface area contributed by atoms with Crippen LogP contribution in [-0.2, 0) is 24.2 Å². The fourth-order valence-electron chi connectivity index (χ4n) is 4.26. The normalized spacial score (nSPS) is 12.1.